The molecule has 0 saturated heterocycles. The van der Waals surface area contributed by atoms with Gasteiger partial charge in [0.1, 0.15) is 12.1 Å². The van der Waals surface area contributed by atoms with Crippen LogP contribution in [-0.4, -0.2) is 36.1 Å². The lowest BCUT2D eigenvalue weighted by Gasteiger charge is -2.06. The highest BCUT2D eigenvalue weighted by atomic mass is 32.2. The number of rotatable bonds is 5. The topological polar surface area (TPSA) is 114 Å². The van der Waals surface area contributed by atoms with Gasteiger partial charge in [0.15, 0.2) is 0 Å². The first-order chi connectivity index (χ1) is 9.53. The van der Waals surface area contributed by atoms with Gasteiger partial charge < -0.3 is 4.74 Å². The number of sulfonamides is 1. The second-order valence-corrected chi connectivity index (χ2v) is 5.28. The smallest absolute Gasteiger partial charge is 0.299 e. The number of carbonyl (C=O) groups is 1. The molecule has 0 aliphatic rings. The zero-order valence-electron chi connectivity index (χ0n) is 10.5. The molecule has 0 fully saturated rings. The standard InChI is InChI=1S/C11H12N4O4S/c1-2-19-9-5-3-8(4-6-9)10(16)15-20(17,18)11-12-7-13-14-11/h3-7H,2H2,1H3,(H,15,16)(H,12,13,14). The van der Waals surface area contributed by atoms with Crippen molar-refractivity contribution in [3.63, 3.8) is 0 Å². The van der Waals surface area contributed by atoms with Crippen LogP contribution in [0.4, 0.5) is 0 Å². The lowest BCUT2D eigenvalue weighted by atomic mass is 10.2. The summed E-state index contributed by atoms with van der Waals surface area (Å²) in [5.74, 6) is -0.161. The van der Waals surface area contributed by atoms with E-state index in [0.717, 1.165) is 6.33 Å². The molecule has 20 heavy (non-hydrogen) atoms. The summed E-state index contributed by atoms with van der Waals surface area (Å²) in [5, 5.41) is 5.17. The van der Waals surface area contributed by atoms with Gasteiger partial charge in [-0.05, 0) is 31.2 Å². The monoisotopic (exact) mass is 296 g/mol. The van der Waals surface area contributed by atoms with E-state index in [0.29, 0.717) is 12.4 Å². The van der Waals surface area contributed by atoms with Crippen molar-refractivity contribution >= 4 is 15.9 Å². The molecule has 0 spiro atoms. The van der Waals surface area contributed by atoms with E-state index >= 15 is 0 Å². The van der Waals surface area contributed by atoms with Crippen LogP contribution in [0.15, 0.2) is 35.7 Å². The normalized spacial score (nSPS) is 11.1. The van der Waals surface area contributed by atoms with Crippen molar-refractivity contribution < 1.29 is 17.9 Å². The molecule has 0 atom stereocenters. The molecule has 1 aromatic heterocycles. The molecule has 2 rings (SSSR count). The fourth-order valence-corrected chi connectivity index (χ4v) is 2.24. The molecule has 0 unspecified atom stereocenters. The van der Waals surface area contributed by atoms with E-state index in [2.05, 4.69) is 15.2 Å². The van der Waals surface area contributed by atoms with E-state index in [4.69, 9.17) is 4.74 Å². The van der Waals surface area contributed by atoms with E-state index in [9.17, 15) is 13.2 Å². The second kappa shape index (κ2) is 5.70. The first kappa shape index (κ1) is 14.0. The summed E-state index contributed by atoms with van der Waals surface area (Å²) in [4.78, 5) is 15.3. The van der Waals surface area contributed by atoms with Gasteiger partial charge >= 0.3 is 0 Å². The largest absolute Gasteiger partial charge is 0.494 e. The van der Waals surface area contributed by atoms with Crippen molar-refractivity contribution in [1.82, 2.24) is 19.9 Å². The Labute approximate surface area is 115 Å². The first-order valence-electron chi connectivity index (χ1n) is 5.68. The molecule has 9 heteroatoms. The highest BCUT2D eigenvalue weighted by Gasteiger charge is 2.21. The Hall–Kier alpha value is -2.42. The van der Waals surface area contributed by atoms with Crippen molar-refractivity contribution in [2.45, 2.75) is 12.1 Å². The van der Waals surface area contributed by atoms with Gasteiger partial charge in [0.2, 0.25) is 0 Å². The number of benzene rings is 1. The molecule has 0 aliphatic heterocycles. The minimum absolute atomic E-state index is 0.191. The number of carbonyl (C=O) groups excluding carboxylic acids is 1. The van der Waals surface area contributed by atoms with Crippen molar-refractivity contribution in [3.8, 4) is 5.75 Å². The van der Waals surface area contributed by atoms with E-state index in [1.807, 2.05) is 11.6 Å². The fourth-order valence-electron chi connectivity index (χ4n) is 1.42. The number of aromatic amines is 1. The molecule has 2 N–H and O–H groups in total. The lowest BCUT2D eigenvalue weighted by Crippen LogP contribution is -2.31. The maximum Gasteiger partial charge on any atom is 0.299 e. The Morgan fingerprint density at radius 1 is 1.35 bits per heavy atom. The average Bonchev–Trinajstić information content (AvgIpc) is 2.94. The van der Waals surface area contributed by atoms with Gasteiger partial charge in [-0.1, -0.05) is 0 Å². The Kier molecular flexibility index (Phi) is 3.99. The molecular weight excluding hydrogens is 284 g/mol. The second-order valence-electron chi connectivity index (χ2n) is 3.68. The molecule has 1 amide bonds. The highest BCUT2D eigenvalue weighted by Crippen LogP contribution is 2.12. The lowest BCUT2D eigenvalue weighted by molar-refractivity contribution is 0.0981. The number of amides is 1. The minimum atomic E-state index is -4.04. The van der Waals surface area contributed by atoms with Crippen LogP contribution in [0.1, 0.15) is 17.3 Å². The van der Waals surface area contributed by atoms with Crippen molar-refractivity contribution in [1.29, 1.82) is 0 Å². The maximum atomic E-state index is 11.8. The van der Waals surface area contributed by atoms with Crippen LogP contribution in [0.25, 0.3) is 0 Å². The van der Waals surface area contributed by atoms with E-state index in [-0.39, 0.29) is 5.56 Å². The first-order valence-corrected chi connectivity index (χ1v) is 7.16. The molecule has 8 nitrogen and oxygen atoms in total. The van der Waals surface area contributed by atoms with Gasteiger partial charge in [0.05, 0.1) is 6.61 Å². The number of hydrogen-bond donors (Lipinski definition) is 2. The molecule has 1 heterocycles. The highest BCUT2D eigenvalue weighted by molar-refractivity contribution is 7.89. The number of H-pyrrole nitrogens is 1. The minimum Gasteiger partial charge on any atom is -0.494 e. The van der Waals surface area contributed by atoms with E-state index in [1.165, 1.54) is 12.1 Å². The van der Waals surface area contributed by atoms with E-state index in [1.54, 1.807) is 12.1 Å². The number of ether oxygens (including phenoxy) is 1. The van der Waals surface area contributed by atoms with Gasteiger partial charge in [0.25, 0.3) is 21.1 Å². The third-order valence-electron chi connectivity index (χ3n) is 2.30. The van der Waals surface area contributed by atoms with Crippen LogP contribution in [0, 0.1) is 0 Å². The zero-order chi connectivity index (χ0) is 14.6. The van der Waals surface area contributed by atoms with Crippen LogP contribution < -0.4 is 9.46 Å². The van der Waals surface area contributed by atoms with Crippen molar-refractivity contribution in [3.05, 3.63) is 36.2 Å². The van der Waals surface area contributed by atoms with Gasteiger partial charge in [-0.3, -0.25) is 4.79 Å². The molecule has 106 valence electrons. The van der Waals surface area contributed by atoms with Gasteiger partial charge in [-0.25, -0.2) is 14.8 Å². The Morgan fingerprint density at radius 2 is 2.05 bits per heavy atom. The molecule has 0 radical (unpaired) electrons. The number of aromatic nitrogens is 3. The SMILES string of the molecule is CCOc1ccc(C(=O)NS(=O)(=O)c2ncn[nH]2)cc1. The molecule has 1 aromatic carbocycles. The van der Waals surface area contributed by atoms with Crippen LogP contribution in [-0.2, 0) is 10.0 Å². The van der Waals surface area contributed by atoms with Crippen molar-refractivity contribution in [2.75, 3.05) is 6.61 Å². The summed E-state index contributed by atoms with van der Waals surface area (Å²) in [7, 11) is -4.04. The number of nitrogens with one attached hydrogen (secondary N) is 2. The third kappa shape index (κ3) is 3.12. The average molecular weight is 296 g/mol. The van der Waals surface area contributed by atoms with Crippen LogP contribution in [0.3, 0.4) is 0 Å². The molecule has 0 aliphatic carbocycles. The summed E-state index contributed by atoms with van der Waals surface area (Å²) >= 11 is 0. The zero-order valence-corrected chi connectivity index (χ0v) is 11.3. The Morgan fingerprint density at radius 3 is 2.60 bits per heavy atom. The summed E-state index contributed by atoms with van der Waals surface area (Å²) in [5.41, 5.74) is 0.191. The summed E-state index contributed by atoms with van der Waals surface area (Å²) in [6.07, 6.45) is 1.04. The molecule has 2 aromatic rings. The predicted molar refractivity (Wildman–Crippen MR) is 68.6 cm³/mol. The summed E-state index contributed by atoms with van der Waals surface area (Å²) in [6, 6.07) is 6.10. The summed E-state index contributed by atoms with van der Waals surface area (Å²) in [6.45, 7) is 2.34. The Balaban J connectivity index is 2.12. The van der Waals surface area contributed by atoms with Crippen LogP contribution in [0.2, 0.25) is 0 Å². The molecule has 0 bridgehead atoms. The van der Waals surface area contributed by atoms with Gasteiger partial charge in [0, 0.05) is 5.56 Å². The van der Waals surface area contributed by atoms with Crippen LogP contribution in [0.5, 0.6) is 5.75 Å². The maximum absolute atomic E-state index is 11.8. The Bertz CT molecular complexity index is 680. The summed E-state index contributed by atoms with van der Waals surface area (Å²) < 4.78 is 30.6. The predicted octanol–water partition coefficient (Wildman–Crippen LogP) is 0.322. The van der Waals surface area contributed by atoms with Crippen LogP contribution >= 0.6 is 0 Å². The number of nitrogens with zero attached hydrogens (tertiary/aromatic N) is 2. The number of hydrogen-bond acceptors (Lipinski definition) is 6. The fraction of sp³-hybridized carbons (Fsp3) is 0.182. The quantitative estimate of drug-likeness (QED) is 0.821. The van der Waals surface area contributed by atoms with Gasteiger partial charge in [-0.15, -0.1) is 0 Å². The van der Waals surface area contributed by atoms with Crippen molar-refractivity contribution in [2.24, 2.45) is 0 Å². The third-order valence-corrected chi connectivity index (χ3v) is 3.46. The van der Waals surface area contributed by atoms with Gasteiger partial charge in [-0.2, -0.15) is 13.5 Å². The molecule has 0 saturated carbocycles. The van der Waals surface area contributed by atoms with E-state index < -0.39 is 21.1 Å². The molecular formula is C11H12N4O4S.